The molecule has 26 heavy (non-hydrogen) atoms. The van der Waals surface area contributed by atoms with Crippen molar-refractivity contribution in [3.8, 4) is 0 Å². The maximum atomic E-state index is 11.6. The Morgan fingerprint density at radius 2 is 1.54 bits per heavy atom. The number of aryl methyl sites for hydroxylation is 4. The number of hydrogen-bond donors (Lipinski definition) is 1. The zero-order chi connectivity index (χ0) is 24.7. The maximum absolute atomic E-state index is 11.6. The van der Waals surface area contributed by atoms with Gasteiger partial charge in [0.15, 0.2) is 0 Å². The number of ether oxygens (including phenoxy) is 1. The molecule has 0 aliphatic rings. The van der Waals surface area contributed by atoms with Crippen molar-refractivity contribution in [2.75, 3.05) is 6.61 Å². The molecule has 0 bridgehead atoms. The van der Waals surface area contributed by atoms with E-state index in [1.165, 1.54) is 12.1 Å². The first-order valence-electron chi connectivity index (χ1n) is 11.3. The zero-order valence-corrected chi connectivity index (χ0v) is 15.2. The van der Waals surface area contributed by atoms with Gasteiger partial charge in [-0.05, 0) is 31.9 Å². The number of carboxylic acids is 1. The monoisotopic (exact) mass is 370 g/mol. The third-order valence-electron chi connectivity index (χ3n) is 3.24. The van der Waals surface area contributed by atoms with Gasteiger partial charge in [-0.25, -0.2) is 9.59 Å². The molecule has 2 aromatic heterocycles. The molecule has 2 aromatic rings. The van der Waals surface area contributed by atoms with Gasteiger partial charge in [-0.3, -0.25) is 9.36 Å². The first kappa shape index (κ1) is 13.5. The van der Waals surface area contributed by atoms with Crippen molar-refractivity contribution >= 4 is 11.9 Å². The summed E-state index contributed by atoms with van der Waals surface area (Å²) in [6.45, 7) is 0.732. The molecular weight excluding hydrogens is 336 g/mol. The number of esters is 1. The lowest BCUT2D eigenvalue weighted by atomic mass is 10.2. The van der Waals surface area contributed by atoms with Crippen LogP contribution in [0.25, 0.3) is 0 Å². The molecule has 0 aliphatic heterocycles. The molecule has 0 aromatic carbocycles. The molecule has 0 unspecified atom stereocenters. The first-order valence-corrected chi connectivity index (χ1v) is 8.35. The fraction of sp³-hybridized carbons (Fsp3) is 0.556. The molecule has 2 heterocycles. The smallest absolute Gasteiger partial charge is 0.356 e. The second kappa shape index (κ2) is 10.4. The Bertz CT molecular complexity index is 918. The quantitative estimate of drug-likeness (QED) is 0.752. The Morgan fingerprint density at radius 1 is 1.04 bits per heavy atom. The molecule has 144 valence electrons. The molecule has 0 saturated heterocycles. The zero-order valence-electron chi connectivity index (χ0n) is 21.2. The van der Waals surface area contributed by atoms with E-state index in [4.69, 9.17) is 18.1 Å². The summed E-state index contributed by atoms with van der Waals surface area (Å²) in [7, 11) is 0. The van der Waals surface area contributed by atoms with Gasteiger partial charge in [0.05, 0.1) is 18.0 Å². The van der Waals surface area contributed by atoms with E-state index in [1.54, 1.807) is 6.92 Å². The van der Waals surface area contributed by atoms with Crippen LogP contribution in [0.5, 0.6) is 0 Å². The molecule has 0 saturated carbocycles. The molecule has 8 nitrogen and oxygen atoms in total. The molecular formula is C18H28N4O4. The lowest BCUT2D eigenvalue weighted by Crippen LogP contribution is -2.10. The Morgan fingerprint density at radius 3 is 1.92 bits per heavy atom. The van der Waals surface area contributed by atoms with Crippen molar-refractivity contribution in [2.24, 2.45) is 14.0 Å². The van der Waals surface area contributed by atoms with Gasteiger partial charge in [0, 0.05) is 22.2 Å². The van der Waals surface area contributed by atoms with Crippen molar-refractivity contribution in [1.29, 1.82) is 0 Å². The van der Waals surface area contributed by atoms with Crippen LogP contribution in [0.4, 0.5) is 0 Å². The summed E-state index contributed by atoms with van der Waals surface area (Å²) in [4.78, 5) is 22.4. The fourth-order valence-electron chi connectivity index (χ4n) is 2.12. The summed E-state index contributed by atoms with van der Waals surface area (Å²) in [5.74, 6) is -1.93. The van der Waals surface area contributed by atoms with Gasteiger partial charge < -0.3 is 9.84 Å². The fourth-order valence-corrected chi connectivity index (χ4v) is 2.12. The van der Waals surface area contributed by atoms with Gasteiger partial charge in [0.2, 0.25) is 0 Å². The van der Waals surface area contributed by atoms with E-state index in [0.717, 1.165) is 17.5 Å². The SMILES string of the molecule is [2H]C([2H])([2H])n1nc(CCC)cc1C(=O)O.[2H]C([2H])([2H])n1nc(CCC)cc1C(=O)OCC. The predicted molar refractivity (Wildman–Crippen MR) is 97.3 cm³/mol. The summed E-state index contributed by atoms with van der Waals surface area (Å²) in [6.07, 6.45) is 2.83. The molecule has 2 rings (SSSR count). The Balaban J connectivity index is 0.000000323. The van der Waals surface area contributed by atoms with E-state index in [-0.39, 0.29) is 18.0 Å². The number of aromatic nitrogens is 4. The van der Waals surface area contributed by atoms with Crippen molar-refractivity contribution in [1.82, 2.24) is 19.6 Å². The van der Waals surface area contributed by atoms with Crippen LogP contribution < -0.4 is 0 Å². The number of hydrogen-bond acceptors (Lipinski definition) is 5. The van der Waals surface area contributed by atoms with Crippen LogP contribution in [-0.4, -0.2) is 43.2 Å². The molecule has 0 amide bonds. The number of carbonyl (C=O) groups excluding carboxylic acids is 1. The largest absolute Gasteiger partial charge is 0.477 e. The van der Waals surface area contributed by atoms with E-state index < -0.39 is 25.9 Å². The summed E-state index contributed by atoms with van der Waals surface area (Å²) >= 11 is 0. The summed E-state index contributed by atoms with van der Waals surface area (Å²) in [5, 5.41) is 16.5. The van der Waals surface area contributed by atoms with E-state index in [2.05, 4.69) is 10.2 Å². The number of carboxylic acid groups (broad SMARTS) is 1. The highest BCUT2D eigenvalue weighted by Crippen LogP contribution is 2.07. The Labute approximate surface area is 162 Å². The standard InChI is InChI=1S/C10H16N2O2.C8H12N2O2/c1-4-6-8-7-9(12(3)11-8)10(13)14-5-2;1-3-4-6-5-7(8(11)12)10(2)9-6/h7H,4-6H2,1-3H3;5H,3-4H2,1-2H3,(H,11,12)/i3D3;2D3. The van der Waals surface area contributed by atoms with Crippen molar-refractivity contribution in [3.05, 3.63) is 34.9 Å². The van der Waals surface area contributed by atoms with E-state index in [0.29, 0.717) is 28.9 Å². The maximum Gasteiger partial charge on any atom is 0.356 e. The number of carbonyl (C=O) groups is 2. The normalized spacial score (nSPS) is 14.6. The van der Waals surface area contributed by atoms with Crippen LogP contribution in [0.3, 0.4) is 0 Å². The van der Waals surface area contributed by atoms with Crippen LogP contribution >= 0.6 is 0 Å². The minimum atomic E-state index is -2.54. The summed E-state index contributed by atoms with van der Waals surface area (Å²) < 4.78 is 49.5. The van der Waals surface area contributed by atoms with Gasteiger partial charge in [0.1, 0.15) is 11.4 Å². The molecule has 0 radical (unpaired) electrons. The molecule has 0 aliphatic carbocycles. The van der Waals surface area contributed by atoms with Gasteiger partial charge in [-0.15, -0.1) is 0 Å². The second-order valence-corrected chi connectivity index (χ2v) is 5.39. The lowest BCUT2D eigenvalue weighted by Gasteiger charge is -2.00. The van der Waals surface area contributed by atoms with Gasteiger partial charge in [-0.1, -0.05) is 26.7 Å². The van der Waals surface area contributed by atoms with E-state index in [9.17, 15) is 9.59 Å². The van der Waals surface area contributed by atoms with Gasteiger partial charge in [0.25, 0.3) is 0 Å². The average Bonchev–Trinajstić information content (AvgIpc) is 3.27. The highest BCUT2D eigenvalue weighted by molar-refractivity contribution is 5.87. The van der Waals surface area contributed by atoms with Crippen molar-refractivity contribution in [2.45, 2.75) is 46.5 Å². The molecule has 0 atom stereocenters. The molecule has 0 spiro atoms. The number of rotatable bonds is 7. The van der Waals surface area contributed by atoms with Crippen LogP contribution in [0.2, 0.25) is 0 Å². The third-order valence-corrected chi connectivity index (χ3v) is 3.24. The lowest BCUT2D eigenvalue weighted by molar-refractivity contribution is 0.0513. The molecule has 0 fully saturated rings. The highest BCUT2D eigenvalue weighted by Gasteiger charge is 2.13. The average molecular weight is 370 g/mol. The molecule has 1 N–H and O–H groups in total. The minimum absolute atomic E-state index is 0.0182. The Hall–Kier alpha value is -2.64. The van der Waals surface area contributed by atoms with E-state index in [1.807, 2.05) is 13.8 Å². The number of aromatic carboxylic acids is 1. The highest BCUT2D eigenvalue weighted by atomic mass is 16.5. The first-order chi connectivity index (χ1) is 14.8. The van der Waals surface area contributed by atoms with Crippen LogP contribution in [0, 0.1) is 0 Å². The van der Waals surface area contributed by atoms with Crippen molar-refractivity contribution in [3.63, 3.8) is 0 Å². The van der Waals surface area contributed by atoms with Crippen LogP contribution in [0.1, 0.15) is 74.2 Å². The predicted octanol–water partition coefficient (Wildman–Crippen LogP) is 2.62. The number of nitrogens with zero attached hydrogens (tertiary/aromatic N) is 4. The third kappa shape index (κ3) is 6.02. The minimum Gasteiger partial charge on any atom is -0.477 e. The van der Waals surface area contributed by atoms with Gasteiger partial charge >= 0.3 is 11.9 Å². The molecule has 8 heteroatoms. The van der Waals surface area contributed by atoms with E-state index >= 15 is 0 Å². The second-order valence-electron chi connectivity index (χ2n) is 5.39. The Kier molecular flexibility index (Phi) is 5.41. The summed E-state index contributed by atoms with van der Waals surface area (Å²) in [5.41, 5.74) is 0.770. The van der Waals surface area contributed by atoms with Crippen LogP contribution in [0.15, 0.2) is 12.1 Å². The summed E-state index contributed by atoms with van der Waals surface area (Å²) in [6, 6.07) is 2.78. The van der Waals surface area contributed by atoms with Crippen molar-refractivity contribution < 1.29 is 27.7 Å². The topological polar surface area (TPSA) is 99.2 Å². The van der Waals surface area contributed by atoms with Crippen LogP contribution in [-0.2, 0) is 31.5 Å². The van der Waals surface area contributed by atoms with Gasteiger partial charge in [-0.2, -0.15) is 10.2 Å².